The fraction of sp³-hybridized carbons (Fsp3) is 0.310. The molecule has 1 aliphatic heterocycles. The van der Waals surface area contributed by atoms with Gasteiger partial charge in [-0.3, -0.25) is 0 Å². The molecule has 0 spiro atoms. The zero-order valence-corrected chi connectivity index (χ0v) is 20.7. The number of β-amino-alcohol motifs (C(OH)–C–C–N with tert-alkyl or cyclic N) is 1. The maximum Gasteiger partial charge on any atom is 0.115 e. The molecule has 1 aliphatic carbocycles. The summed E-state index contributed by atoms with van der Waals surface area (Å²) in [7, 11) is 0. The van der Waals surface area contributed by atoms with Crippen LogP contribution >= 0.6 is 15.9 Å². The van der Waals surface area contributed by atoms with Gasteiger partial charge in [-0.05, 0) is 66.4 Å². The molecule has 4 nitrogen and oxygen atoms in total. The Morgan fingerprint density at radius 3 is 2.65 bits per heavy atom. The SMILES string of the molecule is Oc1cccc([C@@]23CCN(CCc4ccccc4)C[C@@]2(O)Cc2c([nH]c4ccc(Br)cc24)C3)c1. The molecule has 1 saturated heterocycles. The van der Waals surface area contributed by atoms with E-state index >= 15 is 0 Å². The van der Waals surface area contributed by atoms with Crippen molar-refractivity contribution >= 4 is 26.8 Å². The van der Waals surface area contributed by atoms with Crippen LogP contribution in [0.15, 0.2) is 77.3 Å². The number of phenols is 1. The molecular formula is C29H29BrN2O2. The van der Waals surface area contributed by atoms with Gasteiger partial charge in [0.2, 0.25) is 0 Å². The van der Waals surface area contributed by atoms with Gasteiger partial charge in [0.15, 0.2) is 0 Å². The Morgan fingerprint density at radius 1 is 0.971 bits per heavy atom. The van der Waals surface area contributed by atoms with Gasteiger partial charge in [0, 0.05) is 52.4 Å². The number of H-pyrrole nitrogens is 1. The Hall–Kier alpha value is -2.60. The van der Waals surface area contributed by atoms with Gasteiger partial charge in [-0.25, -0.2) is 0 Å². The smallest absolute Gasteiger partial charge is 0.115 e. The summed E-state index contributed by atoms with van der Waals surface area (Å²) in [6.45, 7) is 2.47. The molecule has 0 unspecified atom stereocenters. The summed E-state index contributed by atoms with van der Waals surface area (Å²) in [5.74, 6) is 0.257. The van der Waals surface area contributed by atoms with Crippen LogP contribution in [0.3, 0.4) is 0 Å². The number of phenolic OH excluding ortho intramolecular Hbond substituents is 1. The van der Waals surface area contributed by atoms with Gasteiger partial charge < -0.3 is 20.1 Å². The first kappa shape index (κ1) is 21.9. The molecule has 0 amide bonds. The van der Waals surface area contributed by atoms with Gasteiger partial charge >= 0.3 is 0 Å². The van der Waals surface area contributed by atoms with Crippen molar-refractivity contribution in [2.45, 2.75) is 36.7 Å². The normalized spacial score (nSPS) is 24.6. The summed E-state index contributed by atoms with van der Waals surface area (Å²) in [6, 6.07) is 24.4. The number of hydrogen-bond acceptors (Lipinski definition) is 3. The van der Waals surface area contributed by atoms with Gasteiger partial charge in [-0.2, -0.15) is 0 Å². The number of piperidine rings is 1. The zero-order chi connectivity index (χ0) is 23.3. The van der Waals surface area contributed by atoms with Crippen molar-refractivity contribution in [3.05, 3.63) is 99.7 Å². The highest BCUT2D eigenvalue weighted by Gasteiger charge is 2.57. The van der Waals surface area contributed by atoms with Crippen LogP contribution in [0.25, 0.3) is 10.9 Å². The molecule has 174 valence electrons. The van der Waals surface area contributed by atoms with Crippen molar-refractivity contribution in [3.8, 4) is 5.75 Å². The van der Waals surface area contributed by atoms with Gasteiger partial charge in [0.05, 0.1) is 5.60 Å². The highest BCUT2D eigenvalue weighted by atomic mass is 79.9. The number of halogens is 1. The third-order valence-electron chi connectivity index (χ3n) is 8.09. The number of nitrogens with one attached hydrogen (secondary N) is 1. The molecule has 3 aromatic carbocycles. The summed E-state index contributed by atoms with van der Waals surface area (Å²) < 4.78 is 1.05. The molecule has 2 aliphatic rings. The number of aromatic nitrogens is 1. The van der Waals surface area contributed by atoms with E-state index in [1.54, 1.807) is 6.07 Å². The van der Waals surface area contributed by atoms with Gasteiger partial charge in [0.25, 0.3) is 0 Å². The van der Waals surface area contributed by atoms with E-state index in [0.29, 0.717) is 13.0 Å². The highest BCUT2D eigenvalue weighted by Crippen LogP contribution is 2.52. The molecule has 0 bridgehead atoms. The lowest BCUT2D eigenvalue weighted by molar-refractivity contribution is -0.102. The number of rotatable bonds is 4. The summed E-state index contributed by atoms with van der Waals surface area (Å²) in [5, 5.41) is 24.0. The molecule has 0 saturated carbocycles. The van der Waals surface area contributed by atoms with Crippen molar-refractivity contribution in [3.63, 3.8) is 0 Å². The monoisotopic (exact) mass is 516 g/mol. The predicted molar refractivity (Wildman–Crippen MR) is 139 cm³/mol. The van der Waals surface area contributed by atoms with E-state index in [2.05, 4.69) is 80.4 Å². The van der Waals surface area contributed by atoms with Crippen molar-refractivity contribution in [1.29, 1.82) is 0 Å². The number of fused-ring (bicyclic) bond motifs is 4. The molecule has 1 fully saturated rings. The minimum absolute atomic E-state index is 0.257. The summed E-state index contributed by atoms with van der Waals surface area (Å²) >= 11 is 3.62. The quantitative estimate of drug-likeness (QED) is 0.342. The third-order valence-corrected chi connectivity index (χ3v) is 8.59. The first-order valence-electron chi connectivity index (χ1n) is 12.0. The van der Waals surface area contributed by atoms with Gasteiger partial charge in [0.1, 0.15) is 5.75 Å². The number of likely N-dealkylation sites (tertiary alicyclic amines) is 1. The minimum Gasteiger partial charge on any atom is -0.508 e. The lowest BCUT2D eigenvalue weighted by atomic mass is 9.56. The second-order valence-electron chi connectivity index (χ2n) is 10.1. The maximum atomic E-state index is 12.5. The zero-order valence-electron chi connectivity index (χ0n) is 19.1. The maximum absolute atomic E-state index is 12.5. The largest absolute Gasteiger partial charge is 0.508 e. The molecule has 5 heteroatoms. The van der Waals surface area contributed by atoms with Crippen LogP contribution in [0, 0.1) is 0 Å². The van der Waals surface area contributed by atoms with Crippen LogP contribution in [0.5, 0.6) is 5.75 Å². The number of nitrogens with zero attached hydrogens (tertiary/aromatic N) is 1. The topological polar surface area (TPSA) is 59.5 Å². The van der Waals surface area contributed by atoms with Crippen LogP contribution in [-0.4, -0.2) is 45.3 Å². The lowest BCUT2D eigenvalue weighted by Gasteiger charge is -2.56. The molecule has 1 aromatic heterocycles. The Morgan fingerprint density at radius 2 is 1.82 bits per heavy atom. The number of aromatic amines is 1. The minimum atomic E-state index is -0.930. The first-order valence-corrected chi connectivity index (χ1v) is 12.8. The molecule has 3 N–H and O–H groups in total. The van der Waals surface area contributed by atoms with E-state index < -0.39 is 11.0 Å². The average molecular weight is 517 g/mol. The fourth-order valence-corrected chi connectivity index (χ4v) is 6.69. The molecule has 6 rings (SSSR count). The van der Waals surface area contributed by atoms with E-state index in [0.717, 1.165) is 47.9 Å². The van der Waals surface area contributed by atoms with E-state index in [1.165, 1.54) is 22.2 Å². The van der Waals surface area contributed by atoms with Crippen LogP contribution in [0.1, 0.15) is 28.8 Å². The summed E-state index contributed by atoms with van der Waals surface area (Å²) in [6.07, 6.45) is 3.15. The molecule has 4 aromatic rings. The summed E-state index contributed by atoms with van der Waals surface area (Å²) in [4.78, 5) is 6.07. The molecular weight excluding hydrogens is 488 g/mol. The highest BCUT2D eigenvalue weighted by molar-refractivity contribution is 9.10. The molecule has 0 radical (unpaired) electrons. The van der Waals surface area contributed by atoms with E-state index in [1.807, 2.05) is 12.1 Å². The first-order chi connectivity index (χ1) is 16.5. The van der Waals surface area contributed by atoms with E-state index in [9.17, 15) is 10.2 Å². The standard InChI is InChI=1S/C29H29BrN2O2/c30-22-9-10-26-24(16-22)25-17-29(34)19-32(13-11-20-5-2-1-3-6-20)14-12-28(29,18-27(25)31-26)21-7-4-8-23(33)15-21/h1-10,15-16,31,33-34H,11-14,17-19H2/t28-,29-/m0/s1. The Bertz CT molecular complexity index is 1350. The van der Waals surface area contributed by atoms with E-state index in [-0.39, 0.29) is 5.75 Å². The number of hydrogen-bond donors (Lipinski definition) is 3. The summed E-state index contributed by atoms with van der Waals surface area (Å²) in [5.41, 5.74) is 4.52. The van der Waals surface area contributed by atoms with Crippen molar-refractivity contribution in [2.24, 2.45) is 0 Å². The second kappa shape index (κ2) is 8.26. The van der Waals surface area contributed by atoms with E-state index in [4.69, 9.17) is 0 Å². The number of aliphatic hydroxyl groups is 1. The number of benzene rings is 3. The predicted octanol–water partition coefficient (Wildman–Crippen LogP) is 5.35. The lowest BCUT2D eigenvalue weighted by Crippen LogP contribution is -2.66. The van der Waals surface area contributed by atoms with Crippen LogP contribution in [0.2, 0.25) is 0 Å². The van der Waals surface area contributed by atoms with Gasteiger partial charge in [-0.1, -0.05) is 58.4 Å². The molecule has 34 heavy (non-hydrogen) atoms. The molecule has 2 heterocycles. The van der Waals surface area contributed by atoms with Crippen molar-refractivity contribution < 1.29 is 10.2 Å². The van der Waals surface area contributed by atoms with Crippen LogP contribution in [-0.2, 0) is 24.7 Å². The van der Waals surface area contributed by atoms with Crippen LogP contribution in [0.4, 0.5) is 0 Å². The molecule has 2 atom stereocenters. The fourth-order valence-electron chi connectivity index (χ4n) is 6.32. The average Bonchev–Trinajstić information content (AvgIpc) is 3.17. The third kappa shape index (κ3) is 3.58. The van der Waals surface area contributed by atoms with Gasteiger partial charge in [-0.15, -0.1) is 0 Å². The van der Waals surface area contributed by atoms with Crippen molar-refractivity contribution in [1.82, 2.24) is 9.88 Å². The number of aromatic hydroxyl groups is 1. The van der Waals surface area contributed by atoms with Crippen LogP contribution < -0.4 is 0 Å². The Kier molecular flexibility index (Phi) is 5.32. The Balaban J connectivity index is 1.40. The second-order valence-corrected chi connectivity index (χ2v) is 11.0. The Labute approximate surface area is 208 Å². The van der Waals surface area contributed by atoms with Crippen molar-refractivity contribution in [2.75, 3.05) is 19.6 Å².